The Labute approximate surface area is 200 Å². The molecule has 2 unspecified atom stereocenters. The SMILES string of the molecule is CC(C)c1cnn2c(Nc3ccc(S(=O)(=O)N(C)C)cc3)cc(NCC3CCNCC3O)nc12. The molecular formula is C23H33N7O3S. The van der Waals surface area contributed by atoms with Crippen LogP contribution in [0, 0.1) is 5.92 Å². The highest BCUT2D eigenvalue weighted by Gasteiger charge is 2.23. The number of nitrogens with zero attached hydrogens (tertiary/aromatic N) is 4. The monoisotopic (exact) mass is 487 g/mol. The molecule has 1 saturated heterocycles. The van der Waals surface area contributed by atoms with Crippen LogP contribution in [0.1, 0.15) is 31.7 Å². The van der Waals surface area contributed by atoms with Gasteiger partial charge in [0.1, 0.15) is 11.6 Å². The Hall–Kier alpha value is -2.73. The van der Waals surface area contributed by atoms with E-state index in [0.29, 0.717) is 24.7 Å². The summed E-state index contributed by atoms with van der Waals surface area (Å²) in [5.41, 5.74) is 2.51. The first kappa shape index (κ1) is 24.4. The van der Waals surface area contributed by atoms with Crippen LogP contribution in [0.5, 0.6) is 0 Å². The van der Waals surface area contributed by atoms with Gasteiger partial charge in [-0.3, -0.25) is 0 Å². The van der Waals surface area contributed by atoms with E-state index in [2.05, 4.69) is 34.9 Å². The molecule has 0 spiro atoms. The van der Waals surface area contributed by atoms with Crippen molar-refractivity contribution >= 4 is 33.0 Å². The number of benzene rings is 1. The van der Waals surface area contributed by atoms with E-state index in [1.807, 2.05) is 12.3 Å². The van der Waals surface area contributed by atoms with Crippen molar-refractivity contribution < 1.29 is 13.5 Å². The molecule has 2 aromatic heterocycles. The molecule has 4 rings (SSSR count). The van der Waals surface area contributed by atoms with E-state index >= 15 is 0 Å². The molecule has 3 aromatic rings. The molecule has 0 saturated carbocycles. The van der Waals surface area contributed by atoms with Crippen LogP contribution in [0.3, 0.4) is 0 Å². The van der Waals surface area contributed by atoms with Crippen molar-refractivity contribution in [2.45, 2.75) is 37.2 Å². The number of nitrogens with one attached hydrogen (secondary N) is 3. The minimum Gasteiger partial charge on any atom is -0.391 e. The molecule has 34 heavy (non-hydrogen) atoms. The van der Waals surface area contributed by atoms with Crippen LogP contribution in [0.15, 0.2) is 41.4 Å². The Balaban J connectivity index is 1.63. The standard InChI is InChI=1S/C23H33N7O3S/c1-15(2)19-13-26-30-22(27-17-5-7-18(8-6-17)34(32,33)29(3)4)11-21(28-23(19)30)25-12-16-9-10-24-14-20(16)31/h5-8,11,13,15-16,20,24,27,31H,9-10,12,14H2,1-4H3,(H,25,28). The van der Waals surface area contributed by atoms with E-state index in [0.717, 1.165) is 29.9 Å². The van der Waals surface area contributed by atoms with Gasteiger partial charge in [0, 0.05) is 50.4 Å². The van der Waals surface area contributed by atoms with E-state index in [1.54, 1.807) is 28.8 Å². The van der Waals surface area contributed by atoms with Crippen LogP contribution < -0.4 is 16.0 Å². The van der Waals surface area contributed by atoms with Crippen molar-refractivity contribution in [3.05, 3.63) is 42.1 Å². The van der Waals surface area contributed by atoms with E-state index < -0.39 is 10.0 Å². The maximum atomic E-state index is 12.4. The Kier molecular flexibility index (Phi) is 7.08. The van der Waals surface area contributed by atoms with E-state index in [4.69, 9.17) is 4.98 Å². The number of rotatable bonds is 8. The smallest absolute Gasteiger partial charge is 0.242 e. The zero-order chi connectivity index (χ0) is 24.5. The van der Waals surface area contributed by atoms with Crippen molar-refractivity contribution in [3.63, 3.8) is 0 Å². The molecule has 3 heterocycles. The summed E-state index contributed by atoms with van der Waals surface area (Å²) in [5, 5.41) is 24.7. The highest BCUT2D eigenvalue weighted by molar-refractivity contribution is 7.89. The summed E-state index contributed by atoms with van der Waals surface area (Å²) in [4.78, 5) is 5.03. The van der Waals surface area contributed by atoms with E-state index in [9.17, 15) is 13.5 Å². The van der Waals surface area contributed by atoms with Gasteiger partial charge in [-0.2, -0.15) is 9.61 Å². The first-order valence-corrected chi connectivity index (χ1v) is 12.9. The third kappa shape index (κ3) is 5.02. The summed E-state index contributed by atoms with van der Waals surface area (Å²) in [6.45, 7) is 6.31. The predicted molar refractivity (Wildman–Crippen MR) is 133 cm³/mol. The van der Waals surface area contributed by atoms with E-state index in [-0.39, 0.29) is 22.8 Å². The molecule has 0 bridgehead atoms. The van der Waals surface area contributed by atoms with Gasteiger partial charge >= 0.3 is 0 Å². The third-order valence-electron chi connectivity index (χ3n) is 6.16. The molecule has 1 aromatic carbocycles. The number of hydrogen-bond donors (Lipinski definition) is 4. The zero-order valence-electron chi connectivity index (χ0n) is 20.0. The fourth-order valence-corrected chi connectivity index (χ4v) is 4.91. The van der Waals surface area contributed by atoms with Gasteiger partial charge in [-0.1, -0.05) is 13.8 Å². The lowest BCUT2D eigenvalue weighted by molar-refractivity contribution is 0.0883. The van der Waals surface area contributed by atoms with Crippen LogP contribution in [-0.2, 0) is 10.0 Å². The molecule has 184 valence electrons. The van der Waals surface area contributed by atoms with Gasteiger partial charge in [0.05, 0.1) is 17.2 Å². The summed E-state index contributed by atoms with van der Waals surface area (Å²) in [5.74, 6) is 1.79. The number of aliphatic hydroxyl groups excluding tert-OH is 1. The molecule has 11 heteroatoms. The van der Waals surface area contributed by atoms with Gasteiger partial charge in [-0.05, 0) is 43.1 Å². The lowest BCUT2D eigenvalue weighted by Gasteiger charge is -2.28. The average molecular weight is 488 g/mol. The van der Waals surface area contributed by atoms with Gasteiger partial charge in [-0.25, -0.2) is 17.7 Å². The van der Waals surface area contributed by atoms with Crippen molar-refractivity contribution in [2.24, 2.45) is 5.92 Å². The normalized spacial score (nSPS) is 19.1. The summed E-state index contributed by atoms with van der Waals surface area (Å²) in [6, 6.07) is 8.50. The highest BCUT2D eigenvalue weighted by atomic mass is 32.2. The Morgan fingerprint density at radius 2 is 2.00 bits per heavy atom. The third-order valence-corrected chi connectivity index (χ3v) is 7.99. The number of piperidine rings is 1. The summed E-state index contributed by atoms with van der Waals surface area (Å²) < 4.78 is 27.7. The minimum atomic E-state index is -3.49. The topological polar surface area (TPSA) is 124 Å². The number of aromatic nitrogens is 3. The molecular weight excluding hydrogens is 454 g/mol. The Morgan fingerprint density at radius 3 is 2.65 bits per heavy atom. The predicted octanol–water partition coefficient (Wildman–Crippen LogP) is 2.23. The molecule has 0 radical (unpaired) electrons. The van der Waals surface area contributed by atoms with E-state index in [1.165, 1.54) is 18.4 Å². The van der Waals surface area contributed by atoms with Gasteiger partial charge < -0.3 is 21.1 Å². The summed E-state index contributed by atoms with van der Waals surface area (Å²) in [7, 11) is -0.473. The summed E-state index contributed by atoms with van der Waals surface area (Å²) in [6.07, 6.45) is 2.33. The number of fused-ring (bicyclic) bond motifs is 1. The Morgan fingerprint density at radius 1 is 1.26 bits per heavy atom. The lowest BCUT2D eigenvalue weighted by Crippen LogP contribution is -2.43. The second-order valence-electron chi connectivity index (χ2n) is 9.15. The fourth-order valence-electron chi connectivity index (χ4n) is 4.01. The zero-order valence-corrected chi connectivity index (χ0v) is 20.8. The first-order valence-electron chi connectivity index (χ1n) is 11.5. The van der Waals surface area contributed by atoms with Crippen LogP contribution in [-0.4, -0.2) is 72.3 Å². The highest BCUT2D eigenvalue weighted by Crippen LogP contribution is 2.27. The van der Waals surface area contributed by atoms with Gasteiger partial charge in [0.15, 0.2) is 5.65 Å². The molecule has 0 amide bonds. The molecule has 0 aliphatic carbocycles. The molecule has 2 atom stereocenters. The molecule has 4 N–H and O–H groups in total. The molecule has 1 aliphatic heterocycles. The van der Waals surface area contributed by atoms with Gasteiger partial charge in [0.2, 0.25) is 10.0 Å². The minimum absolute atomic E-state index is 0.149. The Bertz CT molecular complexity index is 1240. The number of sulfonamides is 1. The van der Waals surface area contributed by atoms with Gasteiger partial charge in [-0.15, -0.1) is 0 Å². The average Bonchev–Trinajstić information content (AvgIpc) is 3.23. The molecule has 1 fully saturated rings. The van der Waals surface area contributed by atoms with Crippen LogP contribution >= 0.6 is 0 Å². The van der Waals surface area contributed by atoms with Crippen LogP contribution in [0.2, 0.25) is 0 Å². The maximum absolute atomic E-state index is 12.4. The van der Waals surface area contributed by atoms with Crippen molar-refractivity contribution in [1.29, 1.82) is 0 Å². The lowest BCUT2D eigenvalue weighted by atomic mass is 9.95. The van der Waals surface area contributed by atoms with Crippen LogP contribution in [0.4, 0.5) is 17.3 Å². The second kappa shape index (κ2) is 9.87. The molecule has 10 nitrogen and oxygen atoms in total. The first-order chi connectivity index (χ1) is 16.2. The number of anilines is 3. The van der Waals surface area contributed by atoms with Crippen molar-refractivity contribution in [2.75, 3.05) is 44.4 Å². The molecule has 1 aliphatic rings. The number of hydrogen-bond acceptors (Lipinski definition) is 8. The largest absolute Gasteiger partial charge is 0.391 e. The second-order valence-corrected chi connectivity index (χ2v) is 11.3. The summed E-state index contributed by atoms with van der Waals surface area (Å²) >= 11 is 0. The quantitative estimate of drug-likeness (QED) is 0.381. The maximum Gasteiger partial charge on any atom is 0.242 e. The van der Waals surface area contributed by atoms with Crippen molar-refractivity contribution in [3.8, 4) is 0 Å². The number of aliphatic hydroxyl groups is 1. The fraction of sp³-hybridized carbons (Fsp3) is 0.478. The number of β-amino-alcohol motifs (C(OH)–C–C–N with tert-alkyl or cyclic N) is 1. The van der Waals surface area contributed by atoms with Crippen LogP contribution in [0.25, 0.3) is 5.65 Å². The van der Waals surface area contributed by atoms with Crippen molar-refractivity contribution in [1.82, 2.24) is 24.2 Å². The van der Waals surface area contributed by atoms with Gasteiger partial charge in [0.25, 0.3) is 0 Å².